The molecule has 2 unspecified atom stereocenters. The lowest BCUT2D eigenvalue weighted by Crippen LogP contribution is -2.19. The van der Waals surface area contributed by atoms with Gasteiger partial charge in [0.2, 0.25) is 11.6 Å². The molecule has 2 aromatic rings. The Balaban J connectivity index is 1.49. The van der Waals surface area contributed by atoms with Gasteiger partial charge in [-0.2, -0.15) is 0 Å². The molecule has 2 aromatic carbocycles. The standard InChI is InChI=1S/C21H24O4/c1-19(2,15-5-9-17(10-6-15)24-20(3)13-22-20)16-7-11-18(12-8-16)25-21(4)14-23-21/h5-12H,13-14H2,1-4H3. The third-order valence-electron chi connectivity index (χ3n) is 4.92. The molecule has 4 heteroatoms. The van der Waals surface area contributed by atoms with Gasteiger partial charge in [0.25, 0.3) is 0 Å². The minimum atomic E-state index is -0.436. The fourth-order valence-corrected chi connectivity index (χ4v) is 2.87. The zero-order valence-electron chi connectivity index (χ0n) is 15.2. The summed E-state index contributed by atoms with van der Waals surface area (Å²) >= 11 is 0. The van der Waals surface area contributed by atoms with Gasteiger partial charge < -0.3 is 18.9 Å². The molecule has 25 heavy (non-hydrogen) atoms. The fourth-order valence-electron chi connectivity index (χ4n) is 2.87. The maximum atomic E-state index is 5.80. The molecule has 2 aliphatic heterocycles. The summed E-state index contributed by atoms with van der Waals surface area (Å²) < 4.78 is 22.2. The van der Waals surface area contributed by atoms with Crippen LogP contribution < -0.4 is 9.47 Å². The van der Waals surface area contributed by atoms with Crippen LogP contribution in [0.4, 0.5) is 0 Å². The zero-order chi connectivity index (χ0) is 17.7. The molecule has 4 rings (SSSR count). The van der Waals surface area contributed by atoms with E-state index in [-0.39, 0.29) is 5.41 Å². The van der Waals surface area contributed by atoms with Crippen LogP contribution in [0.15, 0.2) is 48.5 Å². The Bertz CT molecular complexity index is 688. The predicted molar refractivity (Wildman–Crippen MR) is 95.0 cm³/mol. The van der Waals surface area contributed by atoms with E-state index in [0.717, 1.165) is 11.5 Å². The SMILES string of the molecule is CC1(Oc2ccc(C(C)(C)c3ccc(OC4(C)CO4)cc3)cc2)CO1. The molecule has 2 saturated heterocycles. The first-order valence-electron chi connectivity index (χ1n) is 8.65. The summed E-state index contributed by atoms with van der Waals surface area (Å²) in [4.78, 5) is 0. The number of benzene rings is 2. The first kappa shape index (κ1) is 16.4. The fraction of sp³-hybridized carbons (Fsp3) is 0.429. The van der Waals surface area contributed by atoms with E-state index >= 15 is 0 Å². The van der Waals surface area contributed by atoms with Crippen LogP contribution in [0.2, 0.25) is 0 Å². The van der Waals surface area contributed by atoms with E-state index in [1.807, 2.05) is 38.1 Å². The molecule has 2 heterocycles. The third kappa shape index (κ3) is 3.51. The third-order valence-corrected chi connectivity index (χ3v) is 4.92. The first-order valence-corrected chi connectivity index (χ1v) is 8.65. The van der Waals surface area contributed by atoms with Crippen molar-refractivity contribution in [2.75, 3.05) is 13.2 Å². The minimum absolute atomic E-state index is 0.114. The van der Waals surface area contributed by atoms with Gasteiger partial charge in [0.1, 0.15) is 24.7 Å². The van der Waals surface area contributed by atoms with Crippen LogP contribution in [0.5, 0.6) is 11.5 Å². The van der Waals surface area contributed by atoms with E-state index < -0.39 is 11.6 Å². The Hall–Kier alpha value is -2.04. The highest BCUT2D eigenvalue weighted by Gasteiger charge is 2.43. The van der Waals surface area contributed by atoms with E-state index in [0.29, 0.717) is 13.2 Å². The Morgan fingerprint density at radius 3 is 1.32 bits per heavy atom. The Morgan fingerprint density at radius 2 is 1.04 bits per heavy atom. The molecular weight excluding hydrogens is 316 g/mol. The average molecular weight is 340 g/mol. The summed E-state index contributed by atoms with van der Waals surface area (Å²) in [6.45, 7) is 9.63. The molecule has 0 spiro atoms. The van der Waals surface area contributed by atoms with Crippen molar-refractivity contribution in [3.8, 4) is 11.5 Å². The molecule has 2 atom stereocenters. The maximum Gasteiger partial charge on any atom is 0.231 e. The van der Waals surface area contributed by atoms with Gasteiger partial charge in [0.05, 0.1) is 0 Å². The van der Waals surface area contributed by atoms with Crippen LogP contribution in [-0.2, 0) is 14.9 Å². The summed E-state index contributed by atoms with van der Waals surface area (Å²) in [5, 5.41) is 0. The molecule has 0 bridgehead atoms. The highest BCUT2D eigenvalue weighted by molar-refractivity contribution is 5.42. The Labute approximate surface area is 148 Å². The van der Waals surface area contributed by atoms with Gasteiger partial charge in [-0.05, 0) is 35.4 Å². The van der Waals surface area contributed by atoms with Gasteiger partial charge in [0.15, 0.2) is 0 Å². The number of rotatable bonds is 6. The van der Waals surface area contributed by atoms with E-state index in [1.165, 1.54) is 11.1 Å². The highest BCUT2D eigenvalue weighted by atomic mass is 16.8. The molecule has 0 radical (unpaired) electrons. The van der Waals surface area contributed by atoms with E-state index in [4.69, 9.17) is 18.9 Å². The zero-order valence-corrected chi connectivity index (χ0v) is 15.2. The highest BCUT2D eigenvalue weighted by Crippen LogP contribution is 2.36. The van der Waals surface area contributed by atoms with Crippen molar-refractivity contribution < 1.29 is 18.9 Å². The second kappa shape index (κ2) is 5.48. The Kier molecular flexibility index (Phi) is 3.60. The lowest BCUT2D eigenvalue weighted by molar-refractivity contribution is 0.0797. The van der Waals surface area contributed by atoms with E-state index in [9.17, 15) is 0 Å². The maximum absolute atomic E-state index is 5.80. The van der Waals surface area contributed by atoms with Crippen molar-refractivity contribution in [2.45, 2.75) is 44.7 Å². The number of epoxide rings is 2. The smallest absolute Gasteiger partial charge is 0.231 e. The first-order chi connectivity index (χ1) is 11.8. The van der Waals surface area contributed by atoms with Crippen LogP contribution in [0.25, 0.3) is 0 Å². The van der Waals surface area contributed by atoms with Crippen molar-refractivity contribution >= 4 is 0 Å². The van der Waals surface area contributed by atoms with Crippen LogP contribution >= 0.6 is 0 Å². The topological polar surface area (TPSA) is 43.5 Å². The van der Waals surface area contributed by atoms with Crippen molar-refractivity contribution in [3.63, 3.8) is 0 Å². The molecule has 0 aliphatic carbocycles. The van der Waals surface area contributed by atoms with Gasteiger partial charge in [-0.25, -0.2) is 0 Å². The van der Waals surface area contributed by atoms with Crippen molar-refractivity contribution in [3.05, 3.63) is 59.7 Å². The molecule has 2 fully saturated rings. The van der Waals surface area contributed by atoms with Gasteiger partial charge >= 0.3 is 0 Å². The molecule has 0 N–H and O–H groups in total. The number of ether oxygens (including phenoxy) is 4. The Morgan fingerprint density at radius 1 is 0.720 bits per heavy atom. The lowest BCUT2D eigenvalue weighted by Gasteiger charge is -2.26. The summed E-state index contributed by atoms with van der Waals surface area (Å²) in [7, 11) is 0. The van der Waals surface area contributed by atoms with Crippen LogP contribution in [0.3, 0.4) is 0 Å². The van der Waals surface area contributed by atoms with Gasteiger partial charge in [0, 0.05) is 19.3 Å². The van der Waals surface area contributed by atoms with Crippen molar-refractivity contribution in [1.29, 1.82) is 0 Å². The van der Waals surface area contributed by atoms with Crippen LogP contribution in [-0.4, -0.2) is 24.8 Å². The second-order valence-electron chi connectivity index (χ2n) is 7.72. The molecule has 4 nitrogen and oxygen atoms in total. The van der Waals surface area contributed by atoms with Crippen molar-refractivity contribution in [2.24, 2.45) is 0 Å². The summed E-state index contributed by atoms with van der Waals surface area (Å²) in [5.74, 6) is 0.797. The average Bonchev–Trinajstić information content (AvgIpc) is 3.49. The lowest BCUT2D eigenvalue weighted by atomic mass is 9.78. The number of hydrogen-bond acceptors (Lipinski definition) is 4. The van der Waals surface area contributed by atoms with Crippen LogP contribution in [0, 0.1) is 0 Å². The second-order valence-corrected chi connectivity index (χ2v) is 7.72. The molecule has 132 valence electrons. The quantitative estimate of drug-likeness (QED) is 0.737. The van der Waals surface area contributed by atoms with E-state index in [1.54, 1.807) is 0 Å². The molecule has 2 aliphatic rings. The predicted octanol–water partition coefficient (Wildman–Crippen LogP) is 4.26. The largest absolute Gasteiger partial charge is 0.460 e. The summed E-state index contributed by atoms with van der Waals surface area (Å²) in [6.07, 6.45) is 0. The van der Waals surface area contributed by atoms with Gasteiger partial charge in [-0.15, -0.1) is 0 Å². The molecular formula is C21H24O4. The summed E-state index contributed by atoms with van der Waals surface area (Å²) in [6, 6.07) is 16.5. The van der Waals surface area contributed by atoms with Crippen LogP contribution in [0.1, 0.15) is 38.8 Å². The molecule has 0 saturated carbocycles. The van der Waals surface area contributed by atoms with Gasteiger partial charge in [-0.1, -0.05) is 38.1 Å². The minimum Gasteiger partial charge on any atom is -0.460 e. The van der Waals surface area contributed by atoms with Gasteiger partial charge in [-0.3, -0.25) is 0 Å². The monoisotopic (exact) mass is 340 g/mol. The molecule has 0 amide bonds. The van der Waals surface area contributed by atoms with E-state index in [2.05, 4.69) is 38.1 Å². The van der Waals surface area contributed by atoms with Crippen molar-refractivity contribution in [1.82, 2.24) is 0 Å². The summed E-state index contributed by atoms with van der Waals surface area (Å²) in [5.41, 5.74) is 2.34. The molecule has 0 aromatic heterocycles. The number of hydrogen-bond donors (Lipinski definition) is 0. The normalized spacial score (nSPS) is 27.7.